The van der Waals surface area contributed by atoms with Crippen LogP contribution in [0.2, 0.25) is 0 Å². The lowest BCUT2D eigenvalue weighted by Gasteiger charge is -2.42. The maximum Gasteiger partial charge on any atom is 0.127 e. The summed E-state index contributed by atoms with van der Waals surface area (Å²) < 4.78 is 20.5. The van der Waals surface area contributed by atoms with Crippen molar-refractivity contribution in [3.8, 4) is 0 Å². The van der Waals surface area contributed by atoms with Crippen molar-refractivity contribution >= 4 is 15.9 Å². The van der Waals surface area contributed by atoms with Gasteiger partial charge >= 0.3 is 0 Å². The maximum atomic E-state index is 14.0. The summed E-state index contributed by atoms with van der Waals surface area (Å²) in [5.74, 6) is 5.52. The molecule has 1 aromatic rings. The van der Waals surface area contributed by atoms with Crippen LogP contribution in [-0.2, 0) is 11.2 Å². The van der Waals surface area contributed by atoms with Crippen molar-refractivity contribution in [1.82, 2.24) is 5.43 Å². The van der Waals surface area contributed by atoms with Crippen LogP contribution in [0.15, 0.2) is 22.7 Å². The van der Waals surface area contributed by atoms with Crippen molar-refractivity contribution in [2.24, 2.45) is 5.84 Å². The van der Waals surface area contributed by atoms with Crippen LogP contribution in [0.5, 0.6) is 0 Å². The minimum absolute atomic E-state index is 0.0801. The fraction of sp³-hybridized carbons (Fsp3) is 0.600. The molecule has 1 aromatic carbocycles. The zero-order valence-corrected chi connectivity index (χ0v) is 13.4. The van der Waals surface area contributed by atoms with Gasteiger partial charge in [-0.15, -0.1) is 0 Å². The number of halogens is 2. The monoisotopic (exact) mass is 344 g/mol. The summed E-state index contributed by atoms with van der Waals surface area (Å²) in [6.45, 7) is 0. The molecule has 112 valence electrons. The number of ether oxygens (including phenoxy) is 1. The summed E-state index contributed by atoms with van der Waals surface area (Å²) in [6.07, 6.45) is 5.97. The van der Waals surface area contributed by atoms with Gasteiger partial charge in [0.2, 0.25) is 0 Å². The van der Waals surface area contributed by atoms with Gasteiger partial charge in [-0.05, 0) is 37.0 Å². The third kappa shape index (κ3) is 3.39. The molecule has 0 amide bonds. The van der Waals surface area contributed by atoms with Crippen molar-refractivity contribution in [1.29, 1.82) is 0 Å². The van der Waals surface area contributed by atoms with Crippen LogP contribution >= 0.6 is 15.9 Å². The summed E-state index contributed by atoms with van der Waals surface area (Å²) in [5, 5.41) is 0. The van der Waals surface area contributed by atoms with E-state index < -0.39 is 0 Å². The lowest BCUT2D eigenvalue weighted by atomic mass is 9.77. The number of hydrogen-bond acceptors (Lipinski definition) is 3. The molecule has 1 fully saturated rings. The number of methoxy groups -OCH3 is 1. The number of hydrogen-bond donors (Lipinski definition) is 2. The second-order valence-electron chi connectivity index (χ2n) is 5.49. The van der Waals surface area contributed by atoms with E-state index in [9.17, 15) is 4.39 Å². The van der Waals surface area contributed by atoms with E-state index in [1.54, 1.807) is 13.2 Å². The average Bonchev–Trinajstić information content (AvgIpc) is 2.47. The first-order valence-corrected chi connectivity index (χ1v) is 7.86. The highest BCUT2D eigenvalue weighted by molar-refractivity contribution is 9.10. The molecule has 3 N–H and O–H groups in total. The molecule has 1 atom stereocenters. The predicted octanol–water partition coefficient (Wildman–Crippen LogP) is 3.31. The molecule has 5 heteroatoms. The van der Waals surface area contributed by atoms with Gasteiger partial charge in [-0.25, -0.2) is 4.39 Å². The average molecular weight is 345 g/mol. The van der Waals surface area contributed by atoms with Gasteiger partial charge < -0.3 is 4.74 Å². The van der Waals surface area contributed by atoms with Gasteiger partial charge in [0, 0.05) is 11.6 Å². The molecule has 0 radical (unpaired) electrons. The fourth-order valence-corrected chi connectivity index (χ4v) is 3.48. The standard InChI is InChI=1S/C15H22BrFN2O/c1-20-15(7-3-2-4-8-15)14(19-18)9-11-5-6-12(16)10-13(11)17/h5-6,10,14,19H,2-4,7-9,18H2,1H3. The summed E-state index contributed by atoms with van der Waals surface area (Å²) in [7, 11) is 1.73. The van der Waals surface area contributed by atoms with E-state index in [-0.39, 0.29) is 17.5 Å². The number of nitrogens with one attached hydrogen (secondary N) is 1. The van der Waals surface area contributed by atoms with Crippen LogP contribution in [0.4, 0.5) is 4.39 Å². The molecule has 1 aliphatic rings. The summed E-state index contributed by atoms with van der Waals surface area (Å²) in [6, 6.07) is 5.06. The minimum Gasteiger partial charge on any atom is -0.377 e. The first-order chi connectivity index (χ1) is 9.61. The predicted molar refractivity (Wildman–Crippen MR) is 81.7 cm³/mol. The quantitative estimate of drug-likeness (QED) is 0.636. The Morgan fingerprint density at radius 2 is 2.10 bits per heavy atom. The molecule has 1 unspecified atom stereocenters. The van der Waals surface area contributed by atoms with Crippen LogP contribution in [0.1, 0.15) is 37.7 Å². The molecule has 0 saturated heterocycles. The highest BCUT2D eigenvalue weighted by atomic mass is 79.9. The Morgan fingerprint density at radius 3 is 2.65 bits per heavy atom. The van der Waals surface area contributed by atoms with Gasteiger partial charge in [-0.3, -0.25) is 11.3 Å². The molecule has 2 rings (SSSR count). The highest BCUT2D eigenvalue weighted by Gasteiger charge is 2.39. The minimum atomic E-state index is -0.285. The lowest BCUT2D eigenvalue weighted by molar-refractivity contribution is -0.0675. The number of rotatable bonds is 5. The van der Waals surface area contributed by atoms with Crippen molar-refractivity contribution in [3.05, 3.63) is 34.1 Å². The number of nitrogens with two attached hydrogens (primary N) is 1. The Hall–Kier alpha value is -0.490. The van der Waals surface area contributed by atoms with Crippen molar-refractivity contribution in [3.63, 3.8) is 0 Å². The molecule has 0 spiro atoms. The summed E-state index contributed by atoms with van der Waals surface area (Å²) in [5.41, 5.74) is 3.23. The van der Waals surface area contributed by atoms with E-state index >= 15 is 0 Å². The molecule has 0 bridgehead atoms. The van der Waals surface area contributed by atoms with E-state index in [1.807, 2.05) is 6.07 Å². The molecule has 0 aromatic heterocycles. The van der Waals surface area contributed by atoms with Gasteiger partial charge in [0.1, 0.15) is 5.82 Å². The van der Waals surface area contributed by atoms with E-state index in [4.69, 9.17) is 10.6 Å². The van der Waals surface area contributed by atoms with Gasteiger partial charge in [0.05, 0.1) is 11.6 Å². The summed E-state index contributed by atoms with van der Waals surface area (Å²) >= 11 is 3.28. The molecule has 0 aliphatic heterocycles. The molecular formula is C15H22BrFN2O. The van der Waals surface area contributed by atoms with Crippen molar-refractivity contribution in [2.75, 3.05) is 7.11 Å². The van der Waals surface area contributed by atoms with E-state index in [0.717, 1.165) is 30.2 Å². The number of benzene rings is 1. The molecule has 1 saturated carbocycles. The van der Waals surface area contributed by atoms with E-state index in [2.05, 4.69) is 21.4 Å². The lowest BCUT2D eigenvalue weighted by Crippen LogP contribution is -2.56. The molecule has 20 heavy (non-hydrogen) atoms. The first-order valence-electron chi connectivity index (χ1n) is 7.06. The smallest absolute Gasteiger partial charge is 0.127 e. The van der Waals surface area contributed by atoms with Gasteiger partial charge in [0.15, 0.2) is 0 Å². The molecule has 1 aliphatic carbocycles. The van der Waals surface area contributed by atoms with Crippen LogP contribution in [-0.4, -0.2) is 18.8 Å². The van der Waals surface area contributed by atoms with Gasteiger partial charge in [-0.1, -0.05) is 41.3 Å². The van der Waals surface area contributed by atoms with Crippen molar-refractivity contribution < 1.29 is 9.13 Å². The molecule has 3 nitrogen and oxygen atoms in total. The van der Waals surface area contributed by atoms with Crippen LogP contribution < -0.4 is 11.3 Å². The zero-order valence-electron chi connectivity index (χ0n) is 11.8. The number of hydrazine groups is 1. The highest BCUT2D eigenvalue weighted by Crippen LogP contribution is 2.35. The van der Waals surface area contributed by atoms with Crippen LogP contribution in [0.3, 0.4) is 0 Å². The Bertz CT molecular complexity index is 449. The Morgan fingerprint density at radius 1 is 1.40 bits per heavy atom. The normalized spacial score (nSPS) is 19.8. The van der Waals surface area contributed by atoms with E-state index in [0.29, 0.717) is 12.0 Å². The second kappa shape index (κ2) is 6.98. The molecular weight excluding hydrogens is 323 g/mol. The molecule has 0 heterocycles. The SMILES string of the molecule is COC1(C(Cc2ccc(Br)cc2F)NN)CCCCC1. The van der Waals surface area contributed by atoms with Crippen LogP contribution in [0.25, 0.3) is 0 Å². The topological polar surface area (TPSA) is 47.3 Å². The second-order valence-corrected chi connectivity index (χ2v) is 6.40. The zero-order chi connectivity index (χ0) is 14.6. The van der Waals surface area contributed by atoms with Crippen LogP contribution in [0, 0.1) is 5.82 Å². The maximum absolute atomic E-state index is 14.0. The van der Waals surface area contributed by atoms with Gasteiger partial charge in [0.25, 0.3) is 0 Å². The Balaban J connectivity index is 2.18. The fourth-order valence-electron chi connectivity index (χ4n) is 3.15. The van der Waals surface area contributed by atoms with Gasteiger partial charge in [-0.2, -0.15) is 0 Å². The first kappa shape index (κ1) is 15.9. The van der Waals surface area contributed by atoms with Crippen molar-refractivity contribution in [2.45, 2.75) is 50.2 Å². The Labute approximate surface area is 128 Å². The third-order valence-electron chi connectivity index (χ3n) is 4.38. The summed E-state index contributed by atoms with van der Waals surface area (Å²) in [4.78, 5) is 0. The Kier molecular flexibility index (Phi) is 5.55. The van der Waals surface area contributed by atoms with E-state index in [1.165, 1.54) is 12.5 Å². The third-order valence-corrected chi connectivity index (χ3v) is 4.88. The largest absolute Gasteiger partial charge is 0.377 e.